The van der Waals surface area contributed by atoms with Gasteiger partial charge in [-0.15, -0.1) is 0 Å². The Hall–Kier alpha value is -2.86. The van der Waals surface area contributed by atoms with E-state index < -0.39 is 17.4 Å². The molecule has 1 aromatic rings. The van der Waals surface area contributed by atoms with Crippen molar-refractivity contribution in [3.05, 3.63) is 29.3 Å². The van der Waals surface area contributed by atoms with Crippen LogP contribution >= 0.6 is 11.8 Å². The zero-order chi connectivity index (χ0) is 19.8. The molecule has 0 fully saturated rings. The van der Waals surface area contributed by atoms with Crippen molar-refractivity contribution in [2.24, 2.45) is 5.10 Å². The summed E-state index contributed by atoms with van der Waals surface area (Å²) in [6, 6.07) is 7.15. The number of nitrogens with zero attached hydrogens (tertiary/aromatic N) is 3. The number of fused-ring (bicyclic) bond motifs is 1. The van der Waals surface area contributed by atoms with Crippen LogP contribution in [0.15, 0.2) is 23.3 Å². The van der Waals surface area contributed by atoms with E-state index in [9.17, 15) is 14.4 Å². The highest BCUT2D eigenvalue weighted by atomic mass is 32.2. The van der Waals surface area contributed by atoms with Gasteiger partial charge in [0.15, 0.2) is 0 Å². The first-order valence-electron chi connectivity index (χ1n) is 8.34. The Morgan fingerprint density at radius 3 is 2.85 bits per heavy atom. The Morgan fingerprint density at radius 2 is 2.19 bits per heavy atom. The van der Waals surface area contributed by atoms with E-state index >= 15 is 0 Å². The molecule has 0 bridgehead atoms. The monoisotopic (exact) mass is 386 g/mol. The minimum Gasteiger partial charge on any atom is -0.448 e. The summed E-state index contributed by atoms with van der Waals surface area (Å²) in [5.74, 6) is -0.391. The number of rotatable bonds is 3. The molecule has 3 amide bonds. The molecule has 0 saturated heterocycles. The van der Waals surface area contributed by atoms with Gasteiger partial charge in [0, 0.05) is 0 Å². The molecule has 1 unspecified atom stereocenters. The van der Waals surface area contributed by atoms with E-state index in [1.807, 2.05) is 19.1 Å². The lowest BCUT2D eigenvalue weighted by molar-refractivity contribution is -0.121. The van der Waals surface area contributed by atoms with Gasteiger partial charge < -0.3 is 4.74 Å². The Morgan fingerprint density at radius 1 is 1.44 bits per heavy atom. The second kappa shape index (κ2) is 7.04. The predicted molar refractivity (Wildman–Crippen MR) is 101 cm³/mol. The molecule has 2 heterocycles. The molecule has 140 valence electrons. The van der Waals surface area contributed by atoms with E-state index in [0.29, 0.717) is 17.0 Å². The molecule has 1 N–H and O–H groups in total. The fraction of sp³-hybridized carbons (Fsp3) is 0.389. The van der Waals surface area contributed by atoms with Crippen LogP contribution in [-0.4, -0.2) is 34.8 Å². The van der Waals surface area contributed by atoms with Crippen LogP contribution in [0.2, 0.25) is 0 Å². The summed E-state index contributed by atoms with van der Waals surface area (Å²) >= 11 is 1.14. The first-order chi connectivity index (χ1) is 12.8. The number of benzene rings is 1. The van der Waals surface area contributed by atoms with Crippen molar-refractivity contribution < 1.29 is 19.1 Å². The molecule has 3 rings (SSSR count). The molecular weight excluding hydrogens is 368 g/mol. The lowest BCUT2D eigenvalue weighted by Crippen LogP contribution is -2.40. The van der Waals surface area contributed by atoms with E-state index in [2.05, 4.69) is 10.5 Å². The standard InChI is InChI=1S/C18H18N4O4S/c1-10-14(20-21-16(24)27-10)11-5-6-13-12(9-11)18(2,3)15(23)22(13)17(25)26-8-4-7-19/h5-6,9-10H,4,8H2,1-3H3,(H,21,24). The summed E-state index contributed by atoms with van der Waals surface area (Å²) in [4.78, 5) is 37.6. The van der Waals surface area contributed by atoms with E-state index in [1.54, 1.807) is 26.0 Å². The SMILES string of the molecule is CC1SC(=O)NN=C1c1ccc2c(c1)C(C)(C)C(=O)N2C(=O)OCCC#N. The molecule has 9 heteroatoms. The second-order valence-electron chi connectivity index (χ2n) is 6.68. The summed E-state index contributed by atoms with van der Waals surface area (Å²) in [7, 11) is 0. The largest absolute Gasteiger partial charge is 0.448 e. The number of imide groups is 1. The van der Waals surface area contributed by atoms with Crippen LogP contribution in [0.1, 0.15) is 38.3 Å². The van der Waals surface area contributed by atoms with Crippen LogP contribution in [0.3, 0.4) is 0 Å². The topological polar surface area (TPSA) is 112 Å². The van der Waals surface area contributed by atoms with Crippen molar-refractivity contribution in [3.8, 4) is 6.07 Å². The van der Waals surface area contributed by atoms with Gasteiger partial charge >= 0.3 is 6.09 Å². The van der Waals surface area contributed by atoms with Gasteiger partial charge in [-0.25, -0.2) is 15.1 Å². The number of nitriles is 1. The van der Waals surface area contributed by atoms with Gasteiger partial charge in [0.05, 0.1) is 34.6 Å². The van der Waals surface area contributed by atoms with Crippen LogP contribution in [-0.2, 0) is 14.9 Å². The average molecular weight is 386 g/mol. The van der Waals surface area contributed by atoms with Crippen LogP contribution in [0.5, 0.6) is 0 Å². The van der Waals surface area contributed by atoms with E-state index in [4.69, 9.17) is 10.00 Å². The van der Waals surface area contributed by atoms with Crippen molar-refractivity contribution in [3.63, 3.8) is 0 Å². The number of hydrazone groups is 1. The zero-order valence-corrected chi connectivity index (χ0v) is 15.9. The first-order valence-corrected chi connectivity index (χ1v) is 9.22. The van der Waals surface area contributed by atoms with Gasteiger partial charge in [0.2, 0.25) is 5.91 Å². The van der Waals surface area contributed by atoms with Crippen LogP contribution in [0.25, 0.3) is 0 Å². The van der Waals surface area contributed by atoms with Crippen molar-refractivity contribution in [2.45, 2.75) is 37.9 Å². The second-order valence-corrected chi connectivity index (χ2v) is 7.99. The van der Waals surface area contributed by atoms with Gasteiger partial charge in [-0.1, -0.05) is 17.8 Å². The number of nitrogens with one attached hydrogen (secondary N) is 1. The maximum absolute atomic E-state index is 12.8. The highest BCUT2D eigenvalue weighted by Gasteiger charge is 2.47. The van der Waals surface area contributed by atoms with Crippen LogP contribution < -0.4 is 10.3 Å². The maximum atomic E-state index is 12.8. The number of hydrogen-bond donors (Lipinski definition) is 1. The number of ether oxygens (including phenoxy) is 1. The number of carbonyl (C=O) groups excluding carboxylic acids is 3. The Labute approximate surface area is 160 Å². The number of anilines is 1. The van der Waals surface area contributed by atoms with Crippen molar-refractivity contribution in [1.29, 1.82) is 5.26 Å². The third-order valence-electron chi connectivity index (χ3n) is 4.50. The van der Waals surface area contributed by atoms with Gasteiger partial charge in [-0.05, 0) is 44.0 Å². The molecule has 2 aliphatic rings. The zero-order valence-electron chi connectivity index (χ0n) is 15.1. The van der Waals surface area contributed by atoms with Gasteiger partial charge in [0.25, 0.3) is 5.24 Å². The third-order valence-corrected chi connectivity index (χ3v) is 5.38. The molecule has 8 nitrogen and oxygen atoms in total. The maximum Gasteiger partial charge on any atom is 0.421 e. The third kappa shape index (κ3) is 3.28. The van der Waals surface area contributed by atoms with Crippen molar-refractivity contribution >= 4 is 40.4 Å². The molecule has 27 heavy (non-hydrogen) atoms. The minimum atomic E-state index is -0.922. The lowest BCUT2D eigenvalue weighted by atomic mass is 9.85. The van der Waals surface area contributed by atoms with Crippen LogP contribution in [0.4, 0.5) is 15.3 Å². The molecular formula is C18H18N4O4S. The number of amides is 3. The molecule has 0 aliphatic carbocycles. The first kappa shape index (κ1) is 18.9. The van der Waals surface area contributed by atoms with Gasteiger partial charge in [-0.3, -0.25) is 9.59 Å². The van der Waals surface area contributed by atoms with E-state index in [-0.39, 0.29) is 23.5 Å². The summed E-state index contributed by atoms with van der Waals surface area (Å²) in [5, 5.41) is 12.4. The smallest absolute Gasteiger partial charge is 0.421 e. The molecule has 0 aromatic heterocycles. The molecule has 2 aliphatic heterocycles. The molecule has 1 aromatic carbocycles. The van der Waals surface area contributed by atoms with E-state index in [0.717, 1.165) is 22.2 Å². The Balaban J connectivity index is 1.97. The lowest BCUT2D eigenvalue weighted by Gasteiger charge is -2.20. The molecule has 0 saturated carbocycles. The normalized spacial score (nSPS) is 20.4. The summed E-state index contributed by atoms with van der Waals surface area (Å²) < 4.78 is 5.03. The predicted octanol–water partition coefficient (Wildman–Crippen LogP) is 2.91. The van der Waals surface area contributed by atoms with Crippen LogP contribution in [0, 0.1) is 11.3 Å². The van der Waals surface area contributed by atoms with E-state index in [1.165, 1.54) is 0 Å². The number of hydrogen-bond acceptors (Lipinski definition) is 7. The minimum absolute atomic E-state index is 0.0596. The Kier molecular flexibility index (Phi) is 4.93. The quantitative estimate of drug-likeness (QED) is 0.800. The van der Waals surface area contributed by atoms with Gasteiger partial charge in [0.1, 0.15) is 6.61 Å². The number of carbonyl (C=O) groups is 3. The average Bonchev–Trinajstić information content (AvgIpc) is 2.81. The van der Waals surface area contributed by atoms with Gasteiger partial charge in [-0.2, -0.15) is 10.4 Å². The van der Waals surface area contributed by atoms with Crippen molar-refractivity contribution in [2.75, 3.05) is 11.5 Å². The molecule has 0 spiro atoms. The fourth-order valence-electron chi connectivity index (χ4n) is 3.06. The Bertz CT molecular complexity index is 903. The summed E-state index contributed by atoms with van der Waals surface area (Å²) in [6.45, 7) is 5.29. The fourth-order valence-corrected chi connectivity index (χ4v) is 3.78. The molecule has 1 atom stereocenters. The highest BCUT2D eigenvalue weighted by molar-refractivity contribution is 8.14. The summed E-state index contributed by atoms with van der Waals surface area (Å²) in [5.41, 5.74) is 4.13. The summed E-state index contributed by atoms with van der Waals surface area (Å²) in [6.07, 6.45) is -0.731. The molecule has 0 radical (unpaired) electrons. The number of thioether (sulfide) groups is 1. The van der Waals surface area contributed by atoms with Crippen molar-refractivity contribution in [1.82, 2.24) is 5.43 Å². The highest BCUT2D eigenvalue weighted by Crippen LogP contribution is 2.42.